The second kappa shape index (κ2) is 56.7. The molecule has 0 aromatic carbocycles. The van der Waals surface area contributed by atoms with Crippen LogP contribution < -0.4 is 0 Å². The Kier molecular flexibility index (Phi) is 54.3. The fraction of sp³-hybridized carbons (Fsp3) is 0.790. The summed E-state index contributed by atoms with van der Waals surface area (Å²) in [7, 11) is 0. The number of carbonyl (C=O) groups excluding carboxylic acids is 3. The topological polar surface area (TPSA) is 78.9 Å². The largest absolute Gasteiger partial charge is 0.462 e. The highest BCUT2D eigenvalue weighted by atomic mass is 16.6. The van der Waals surface area contributed by atoms with E-state index in [0.29, 0.717) is 19.3 Å². The Hall–Kier alpha value is -2.89. The summed E-state index contributed by atoms with van der Waals surface area (Å²) in [6.45, 7) is 6.51. The fourth-order valence-corrected chi connectivity index (χ4v) is 8.42. The predicted molar refractivity (Wildman–Crippen MR) is 293 cm³/mol. The van der Waals surface area contributed by atoms with Gasteiger partial charge in [0.2, 0.25) is 0 Å². The molecule has 0 unspecified atom stereocenters. The van der Waals surface area contributed by atoms with Crippen LogP contribution in [0.2, 0.25) is 0 Å². The minimum absolute atomic E-state index is 0.0878. The molecule has 0 amide bonds. The van der Waals surface area contributed by atoms with E-state index >= 15 is 0 Å². The SMILES string of the molecule is CC/C=C\C/C=C\C/C=C\C/C=C\C/C=C\CCCC(=O)OC[C@H](COC(=O)CCCCCCCCCCCCCC)OC(=O)CCCCCCCCCCCCCCCCCCCCCCC. The first-order chi connectivity index (χ1) is 33.5. The number of hydrogen-bond acceptors (Lipinski definition) is 6. The molecule has 0 radical (unpaired) electrons. The third-order valence-corrected chi connectivity index (χ3v) is 12.8. The first-order valence-electron chi connectivity index (χ1n) is 29.3. The number of unbranched alkanes of at least 4 members (excludes halogenated alkanes) is 32. The van der Waals surface area contributed by atoms with Crippen LogP contribution in [0.25, 0.3) is 0 Å². The normalized spacial score (nSPS) is 12.5. The molecule has 0 saturated heterocycles. The third kappa shape index (κ3) is 54.1. The van der Waals surface area contributed by atoms with Crippen LogP contribution in [0.4, 0.5) is 0 Å². The van der Waals surface area contributed by atoms with Crippen LogP contribution in [-0.2, 0) is 28.6 Å². The van der Waals surface area contributed by atoms with Crippen molar-refractivity contribution in [2.75, 3.05) is 13.2 Å². The van der Waals surface area contributed by atoms with E-state index in [4.69, 9.17) is 14.2 Å². The van der Waals surface area contributed by atoms with Crippen molar-refractivity contribution in [2.45, 2.75) is 303 Å². The van der Waals surface area contributed by atoms with Crippen molar-refractivity contribution in [1.82, 2.24) is 0 Å². The summed E-state index contributed by atoms with van der Waals surface area (Å²) in [6, 6.07) is 0. The fourth-order valence-electron chi connectivity index (χ4n) is 8.42. The van der Waals surface area contributed by atoms with Gasteiger partial charge >= 0.3 is 17.9 Å². The van der Waals surface area contributed by atoms with Gasteiger partial charge < -0.3 is 14.2 Å². The molecular weight excluding hydrogens is 841 g/mol. The molecule has 0 aliphatic carbocycles. The molecule has 0 saturated carbocycles. The zero-order valence-corrected chi connectivity index (χ0v) is 45.1. The average Bonchev–Trinajstić information content (AvgIpc) is 3.34. The van der Waals surface area contributed by atoms with E-state index in [-0.39, 0.29) is 37.5 Å². The number of esters is 3. The molecule has 0 heterocycles. The first-order valence-corrected chi connectivity index (χ1v) is 29.3. The molecule has 68 heavy (non-hydrogen) atoms. The van der Waals surface area contributed by atoms with Crippen LogP contribution in [0.1, 0.15) is 297 Å². The van der Waals surface area contributed by atoms with Crippen molar-refractivity contribution >= 4 is 17.9 Å². The van der Waals surface area contributed by atoms with Crippen molar-refractivity contribution in [1.29, 1.82) is 0 Å². The minimum Gasteiger partial charge on any atom is -0.462 e. The molecule has 0 aliphatic rings. The van der Waals surface area contributed by atoms with E-state index in [1.807, 2.05) is 0 Å². The Morgan fingerprint density at radius 2 is 0.574 bits per heavy atom. The second-order valence-corrected chi connectivity index (χ2v) is 19.5. The molecule has 0 aliphatic heterocycles. The van der Waals surface area contributed by atoms with Crippen molar-refractivity contribution in [3.05, 3.63) is 60.8 Å². The summed E-state index contributed by atoms with van der Waals surface area (Å²) in [6.07, 6.45) is 70.8. The second-order valence-electron chi connectivity index (χ2n) is 19.5. The van der Waals surface area contributed by atoms with Gasteiger partial charge in [0.25, 0.3) is 0 Å². The Morgan fingerprint density at radius 1 is 0.309 bits per heavy atom. The molecule has 6 heteroatoms. The molecule has 0 N–H and O–H groups in total. The number of rotatable bonds is 53. The van der Waals surface area contributed by atoms with Crippen LogP contribution in [-0.4, -0.2) is 37.2 Å². The lowest BCUT2D eigenvalue weighted by molar-refractivity contribution is -0.167. The highest BCUT2D eigenvalue weighted by Crippen LogP contribution is 2.17. The first kappa shape index (κ1) is 65.1. The lowest BCUT2D eigenvalue weighted by Crippen LogP contribution is -2.30. The standard InChI is InChI=1S/C62H110O6/c1-4-7-10-13-16-19-22-25-27-29-30-31-32-34-36-38-41-44-47-50-53-56-62(65)68-59(57-66-60(63)54-51-48-45-42-39-24-21-18-15-12-9-6-3)58-67-61(64)55-52-49-46-43-40-37-35-33-28-26-23-20-17-14-11-8-5-2/h8,11,17,20,26,28,35,37,43,46,59H,4-7,9-10,12-16,18-19,21-25,27,29-34,36,38-42,44-45,47-58H2,1-3H3/b11-8-,20-17-,28-26-,37-35-,46-43-/t59-/m0/s1. The Labute approximate surface area is 421 Å². The highest BCUT2D eigenvalue weighted by molar-refractivity contribution is 5.71. The van der Waals surface area contributed by atoms with Crippen molar-refractivity contribution in [3.8, 4) is 0 Å². The van der Waals surface area contributed by atoms with E-state index in [2.05, 4.69) is 81.5 Å². The van der Waals surface area contributed by atoms with Crippen LogP contribution in [0, 0.1) is 0 Å². The van der Waals surface area contributed by atoms with Gasteiger partial charge in [0, 0.05) is 19.3 Å². The van der Waals surface area contributed by atoms with Crippen LogP contribution in [0.3, 0.4) is 0 Å². The van der Waals surface area contributed by atoms with Crippen molar-refractivity contribution < 1.29 is 28.6 Å². The van der Waals surface area contributed by atoms with Crippen LogP contribution >= 0.6 is 0 Å². The summed E-state index contributed by atoms with van der Waals surface area (Å²) < 4.78 is 16.8. The Bertz CT molecular complexity index is 1230. The van der Waals surface area contributed by atoms with E-state index in [0.717, 1.165) is 77.0 Å². The Balaban J connectivity index is 4.37. The number of hydrogen-bond donors (Lipinski definition) is 0. The third-order valence-electron chi connectivity index (χ3n) is 12.8. The quantitative estimate of drug-likeness (QED) is 0.0262. The zero-order chi connectivity index (χ0) is 49.3. The average molecular weight is 952 g/mol. The van der Waals surface area contributed by atoms with Gasteiger partial charge in [0.15, 0.2) is 6.10 Å². The maximum Gasteiger partial charge on any atom is 0.306 e. The number of allylic oxidation sites excluding steroid dienone is 10. The lowest BCUT2D eigenvalue weighted by Gasteiger charge is -2.18. The molecule has 394 valence electrons. The predicted octanol–water partition coefficient (Wildman–Crippen LogP) is 19.6. The van der Waals surface area contributed by atoms with Crippen molar-refractivity contribution in [3.63, 3.8) is 0 Å². The zero-order valence-electron chi connectivity index (χ0n) is 45.1. The van der Waals surface area contributed by atoms with Gasteiger partial charge in [-0.25, -0.2) is 0 Å². The van der Waals surface area contributed by atoms with Gasteiger partial charge in [-0.05, 0) is 57.8 Å². The van der Waals surface area contributed by atoms with Gasteiger partial charge in [-0.15, -0.1) is 0 Å². The monoisotopic (exact) mass is 951 g/mol. The maximum atomic E-state index is 12.9. The van der Waals surface area contributed by atoms with Crippen LogP contribution in [0.15, 0.2) is 60.8 Å². The molecule has 0 spiro atoms. The maximum absolute atomic E-state index is 12.9. The molecule has 0 fully saturated rings. The summed E-state index contributed by atoms with van der Waals surface area (Å²) >= 11 is 0. The summed E-state index contributed by atoms with van der Waals surface area (Å²) in [4.78, 5) is 38.1. The molecule has 0 bridgehead atoms. The van der Waals surface area contributed by atoms with Crippen LogP contribution in [0.5, 0.6) is 0 Å². The van der Waals surface area contributed by atoms with E-state index in [1.54, 1.807) is 0 Å². The van der Waals surface area contributed by atoms with E-state index in [9.17, 15) is 14.4 Å². The molecule has 1 atom stereocenters. The van der Waals surface area contributed by atoms with Crippen molar-refractivity contribution in [2.24, 2.45) is 0 Å². The summed E-state index contributed by atoms with van der Waals surface area (Å²) in [5.41, 5.74) is 0. The Morgan fingerprint density at radius 3 is 0.897 bits per heavy atom. The molecular formula is C62H110O6. The summed E-state index contributed by atoms with van der Waals surface area (Å²) in [5.74, 6) is -0.935. The number of carbonyl (C=O) groups is 3. The van der Waals surface area contributed by atoms with E-state index in [1.165, 1.54) is 173 Å². The van der Waals surface area contributed by atoms with Gasteiger partial charge in [0.1, 0.15) is 13.2 Å². The van der Waals surface area contributed by atoms with Gasteiger partial charge in [-0.2, -0.15) is 0 Å². The smallest absolute Gasteiger partial charge is 0.306 e. The van der Waals surface area contributed by atoms with Gasteiger partial charge in [-0.1, -0.05) is 281 Å². The lowest BCUT2D eigenvalue weighted by atomic mass is 10.0. The highest BCUT2D eigenvalue weighted by Gasteiger charge is 2.19. The summed E-state index contributed by atoms with van der Waals surface area (Å²) in [5, 5.41) is 0. The molecule has 0 rings (SSSR count). The van der Waals surface area contributed by atoms with Gasteiger partial charge in [0.05, 0.1) is 0 Å². The van der Waals surface area contributed by atoms with Gasteiger partial charge in [-0.3, -0.25) is 14.4 Å². The number of ether oxygens (including phenoxy) is 3. The minimum atomic E-state index is -0.793. The molecule has 0 aromatic heterocycles. The molecule has 6 nitrogen and oxygen atoms in total. The molecule has 0 aromatic rings. The van der Waals surface area contributed by atoms with E-state index < -0.39 is 6.10 Å².